The fourth-order valence-electron chi connectivity index (χ4n) is 12.3. The molecule has 33 heteroatoms. The summed E-state index contributed by atoms with van der Waals surface area (Å²) in [5.41, 5.74) is -14.8. The number of hydrogen-bond donors (Lipinski definition) is 0. The first-order valence-corrected chi connectivity index (χ1v) is 42.6. The number of hydrogen-bond acceptors (Lipinski definition) is 7. The van der Waals surface area contributed by atoms with Crippen molar-refractivity contribution in [3.63, 3.8) is 0 Å². The first kappa shape index (κ1) is 92.2. The highest BCUT2D eigenvalue weighted by Gasteiger charge is 2.70. The fraction of sp³-hybridized carbons (Fsp3) is 1.00. The van der Waals surface area contributed by atoms with Crippen LogP contribution in [0.5, 0.6) is 0 Å². The molecule has 0 N–H and O–H groups in total. The van der Waals surface area contributed by atoms with Crippen molar-refractivity contribution in [3.05, 3.63) is 0 Å². The van der Waals surface area contributed by atoms with Crippen molar-refractivity contribution in [1.29, 1.82) is 0 Å². The van der Waals surface area contributed by atoms with E-state index in [1.165, 1.54) is 0 Å². The zero-order valence-corrected chi connectivity index (χ0v) is 68.2. The molecule has 4 unspecified atom stereocenters. The molecule has 0 aromatic carbocycles. The second-order valence-corrected chi connectivity index (χ2v) is 35.2. The average molecular weight is 1730 g/mol. The molecule has 0 amide bonds. The molecule has 0 rings (SSSR count). The lowest BCUT2D eigenvalue weighted by Gasteiger charge is -2.59. The summed E-state index contributed by atoms with van der Waals surface area (Å²) in [5.74, 6) is -3.57. The Hall–Kier alpha value is 7.22. The highest BCUT2D eigenvalue weighted by atomic mass is 35.5. The van der Waals surface area contributed by atoms with Gasteiger partial charge in [0.15, 0.2) is 0 Å². The topological polar surface area (TPSA) is 80.3 Å². The highest BCUT2D eigenvalue weighted by Crippen LogP contribution is 2.78. The van der Waals surface area contributed by atoms with Crippen molar-refractivity contribution in [2.75, 3.05) is 118 Å². The molecule has 4 atom stereocenters. The zero-order chi connectivity index (χ0) is 66.0. The molecular weight excluding hydrogens is 1650 g/mol. The van der Waals surface area contributed by atoms with E-state index >= 15 is 9.13 Å². The van der Waals surface area contributed by atoms with Crippen LogP contribution in [-0.2, 0) is 31.5 Å². The Labute approximate surface area is 629 Å². The van der Waals surface area contributed by atoms with Crippen LogP contribution in [0.15, 0.2) is 0 Å². The van der Waals surface area contributed by atoms with Crippen molar-refractivity contribution >= 4 is 294 Å². The molecule has 0 bridgehead atoms. The minimum atomic E-state index is -6.10. The first-order valence-electron chi connectivity index (χ1n) is 27.4. The monoisotopic (exact) mass is 1720 g/mol. The van der Waals surface area contributed by atoms with Crippen molar-refractivity contribution in [2.45, 2.75) is 172 Å². The van der Waals surface area contributed by atoms with Crippen LogP contribution in [0.25, 0.3) is 0 Å². The van der Waals surface area contributed by atoms with Crippen LogP contribution in [0.3, 0.4) is 0 Å². The van der Waals surface area contributed by atoms with Gasteiger partial charge in [-0.15, -0.1) is 278 Å². The van der Waals surface area contributed by atoms with E-state index in [1.54, 1.807) is 27.7 Å². The summed E-state index contributed by atoms with van der Waals surface area (Å²) < 4.78 is 72.6. The number of halogens is 24. The summed E-state index contributed by atoms with van der Waals surface area (Å²) in [4.78, 5) is -6.07. The lowest BCUT2D eigenvalue weighted by Crippen LogP contribution is -2.63. The van der Waals surface area contributed by atoms with Gasteiger partial charge in [0, 0.05) is 139 Å². The van der Waals surface area contributed by atoms with Crippen LogP contribution in [0, 0.1) is 21.7 Å². The number of phosphoric acid groups is 2. The summed E-state index contributed by atoms with van der Waals surface area (Å²) in [6.45, 7) is 6.71. The van der Waals surface area contributed by atoms with E-state index in [-0.39, 0.29) is 220 Å². The van der Waals surface area contributed by atoms with Gasteiger partial charge in [0.05, 0.1) is 41.9 Å². The largest absolute Gasteiger partial charge is 0.484 e. The summed E-state index contributed by atoms with van der Waals surface area (Å²) in [5, 5.41) is 0. The first-order chi connectivity index (χ1) is 39.7. The molecule has 0 aromatic heterocycles. The summed E-state index contributed by atoms with van der Waals surface area (Å²) in [6, 6.07) is 0. The van der Waals surface area contributed by atoms with Gasteiger partial charge in [-0.05, 0) is 103 Å². The van der Waals surface area contributed by atoms with Crippen LogP contribution in [0.4, 0.5) is 0 Å². The third-order valence-electron chi connectivity index (χ3n) is 18.3. The molecule has 0 saturated heterocycles. The zero-order valence-electron chi connectivity index (χ0n) is 48.3. The van der Waals surface area contributed by atoms with Gasteiger partial charge in [-0.3, -0.25) is 18.1 Å². The molecule has 0 saturated carbocycles. The van der Waals surface area contributed by atoms with E-state index in [1.807, 2.05) is 0 Å². The van der Waals surface area contributed by atoms with Crippen LogP contribution < -0.4 is 0 Å². The predicted molar refractivity (Wildman–Crippen MR) is 387 cm³/mol. The van der Waals surface area contributed by atoms with Gasteiger partial charge in [-0.25, -0.2) is 9.13 Å². The molecule has 0 radical (unpaired) electrons. The number of rotatable bonds is 54. The van der Waals surface area contributed by atoms with Crippen molar-refractivity contribution in [1.82, 2.24) is 0 Å². The van der Waals surface area contributed by atoms with Gasteiger partial charge in [-0.2, -0.15) is 4.31 Å². The molecule has 0 aliphatic carbocycles. The van der Waals surface area contributed by atoms with Gasteiger partial charge in [0.1, 0.15) is 0 Å². The molecule has 0 aliphatic heterocycles. The van der Waals surface area contributed by atoms with E-state index in [2.05, 4.69) is 0 Å². The van der Waals surface area contributed by atoms with Gasteiger partial charge in [0.2, 0.25) is 0 Å². The molecule has 0 spiro atoms. The Morgan fingerprint density at radius 1 is 0.235 bits per heavy atom. The third-order valence-corrected chi connectivity index (χ3v) is 30.5. The van der Waals surface area contributed by atoms with Gasteiger partial charge in [-0.1, -0.05) is 27.7 Å². The maximum absolute atomic E-state index is 18.1. The van der Waals surface area contributed by atoms with Crippen molar-refractivity contribution in [3.8, 4) is 0 Å². The maximum Gasteiger partial charge on any atom is 0.484 e. The summed E-state index contributed by atoms with van der Waals surface area (Å²) in [7, 11) is -12.2. The average Bonchev–Trinajstić information content (AvgIpc) is 1.35. The molecule has 0 heterocycles. The van der Waals surface area contributed by atoms with Crippen LogP contribution >= 0.6 is 294 Å². The van der Waals surface area contributed by atoms with Gasteiger partial charge >= 0.3 is 15.6 Å². The second-order valence-electron chi connectivity index (χ2n) is 22.1. The molecule has 7 nitrogen and oxygen atoms in total. The van der Waals surface area contributed by atoms with Crippen molar-refractivity contribution < 1.29 is 31.5 Å². The van der Waals surface area contributed by atoms with E-state index in [9.17, 15) is 0 Å². The highest BCUT2D eigenvalue weighted by molar-refractivity contribution is 7.62. The van der Waals surface area contributed by atoms with Crippen LogP contribution in [0.1, 0.15) is 130 Å². The Morgan fingerprint density at radius 3 is 0.447 bits per heavy atom. The standard InChI is InChI=1S/C52H84Cl24O7P2/c1-41(37-69,45(73,5-21-53)6-22-54)49(13-29-61,14-30-62)79-84(77,80-50(15-31-63,16-32-64)42(2,38-70)46(74,7-23-55)8-24-56)83-85(78,81-51(17-33-65,18-34-66)43(3,39-71)47(75,9-25-57)10-26-58)82-52(19-35-67,20-36-68)44(4,40-72)48(76,11-27-59)12-28-60/h5-40H2,1-4H3. The molecule has 0 aliphatic rings. The third kappa shape index (κ3) is 21.2. The van der Waals surface area contributed by atoms with E-state index in [0.717, 1.165) is 0 Å². The van der Waals surface area contributed by atoms with E-state index < -0.39 is 79.2 Å². The number of phosphoric ester groups is 2. The smallest absolute Gasteiger partial charge is 0.279 e. The van der Waals surface area contributed by atoms with E-state index in [0.29, 0.717) is 0 Å². The van der Waals surface area contributed by atoms with E-state index in [4.69, 9.17) is 301 Å². The predicted octanol–water partition coefficient (Wildman–Crippen LogP) is 25.2. The molecular formula is C52H84Cl24O7P2. The fourth-order valence-corrected chi connectivity index (χ4v) is 26.9. The summed E-state index contributed by atoms with van der Waals surface area (Å²) >= 11 is 168. The summed E-state index contributed by atoms with van der Waals surface area (Å²) in [6.07, 6.45) is -1.74. The number of alkyl halides is 24. The van der Waals surface area contributed by atoms with Crippen LogP contribution in [0.2, 0.25) is 0 Å². The lowest BCUT2D eigenvalue weighted by molar-refractivity contribution is -0.143. The normalized spacial score (nSPS) is 18.1. The Balaban J connectivity index is 11.0. The molecule has 512 valence electrons. The Morgan fingerprint density at radius 2 is 0.353 bits per heavy atom. The second kappa shape index (κ2) is 42.5. The lowest BCUT2D eigenvalue weighted by atomic mass is 9.61. The molecule has 85 heavy (non-hydrogen) atoms. The molecule has 0 fully saturated rings. The molecule has 0 aromatic rings. The van der Waals surface area contributed by atoms with Gasteiger partial charge < -0.3 is 0 Å². The van der Waals surface area contributed by atoms with Crippen molar-refractivity contribution in [2.24, 2.45) is 21.7 Å². The quantitative estimate of drug-likeness (QED) is 0.0443. The maximum atomic E-state index is 18.1. The van der Waals surface area contributed by atoms with Crippen LogP contribution in [-0.4, -0.2) is 160 Å². The minimum absolute atomic E-state index is 0.0239. The Bertz CT molecular complexity index is 1660. The van der Waals surface area contributed by atoms with Gasteiger partial charge in [0.25, 0.3) is 0 Å². The Kier molecular flexibility index (Phi) is 46.1. The minimum Gasteiger partial charge on any atom is -0.279 e. The SMILES string of the molecule is CC(CCl)(C(Cl)(CCCl)CCCl)C(CCCl)(CCCl)OP(=O)(OC(CCCl)(CCCl)C(C)(CCl)C(Cl)(CCCl)CCCl)OP(=O)(OC(CCCl)(CCCl)C(C)(CCl)C(Cl)(CCCl)CCCl)OC(CCCl)(CCCl)C(C)(CCl)C(Cl)(CCCl)CCCl.